The Morgan fingerprint density at radius 3 is 2.43 bits per heavy atom. The summed E-state index contributed by atoms with van der Waals surface area (Å²) in [7, 11) is 0. The normalized spacial score (nSPS) is 11.5. The molecule has 0 radical (unpaired) electrons. The highest BCUT2D eigenvalue weighted by Gasteiger charge is 2.41. The van der Waals surface area contributed by atoms with Crippen LogP contribution in [0.5, 0.6) is 0 Å². The van der Waals surface area contributed by atoms with Crippen LogP contribution in [-0.4, -0.2) is 33.2 Å². The molecule has 0 unspecified atom stereocenters. The highest BCUT2D eigenvalue weighted by Crippen LogP contribution is 2.32. The molecule has 0 aliphatic carbocycles. The number of carbonyl (C=O) groups is 1. The van der Waals surface area contributed by atoms with Gasteiger partial charge in [0.25, 0.3) is 5.91 Å². The number of nitrogens with zero attached hydrogens (tertiary/aromatic N) is 3. The van der Waals surface area contributed by atoms with Crippen LogP contribution < -0.4 is 5.32 Å². The monoisotopic (exact) mass is 442 g/mol. The lowest BCUT2D eigenvalue weighted by molar-refractivity contribution is -0.143. The highest BCUT2D eigenvalue weighted by atomic mass is 32.2. The van der Waals surface area contributed by atoms with Gasteiger partial charge < -0.3 is 5.32 Å². The third-order valence-electron chi connectivity index (χ3n) is 3.97. The van der Waals surface area contributed by atoms with Crippen molar-refractivity contribution in [2.45, 2.75) is 11.9 Å². The molecule has 0 saturated heterocycles. The molecule has 0 atom stereocenters. The first-order valence-electron chi connectivity index (χ1n) is 8.65. The van der Waals surface area contributed by atoms with Gasteiger partial charge in [-0.15, -0.1) is 5.10 Å². The Balaban J connectivity index is 1.65. The van der Waals surface area contributed by atoms with E-state index in [0.717, 1.165) is 24.3 Å². The van der Waals surface area contributed by atoms with E-state index in [1.807, 2.05) is 0 Å². The molecule has 3 aromatic rings. The first kappa shape index (κ1) is 21.8. The zero-order valence-electron chi connectivity index (χ0n) is 15.3. The van der Waals surface area contributed by atoms with Gasteiger partial charge in [-0.1, -0.05) is 23.4 Å². The number of hydrogen-bond acceptors (Lipinski definition) is 4. The minimum Gasteiger partial charge on any atom is -0.350 e. The van der Waals surface area contributed by atoms with Gasteiger partial charge in [-0.05, 0) is 35.9 Å². The summed E-state index contributed by atoms with van der Waals surface area (Å²) in [6, 6.07) is 10.4. The van der Waals surface area contributed by atoms with Crippen LogP contribution in [0.2, 0.25) is 0 Å². The van der Waals surface area contributed by atoms with E-state index in [0.29, 0.717) is 21.8 Å². The number of thioether (sulfide) groups is 1. The van der Waals surface area contributed by atoms with Crippen molar-refractivity contribution in [2.75, 3.05) is 12.3 Å². The average Bonchev–Trinajstić information content (AvgIpc) is 3.15. The third-order valence-corrected chi connectivity index (χ3v) is 4.98. The van der Waals surface area contributed by atoms with Crippen LogP contribution in [0.25, 0.3) is 5.69 Å². The molecule has 11 heteroatoms. The maximum Gasteiger partial charge on any atom is 0.435 e. The van der Waals surface area contributed by atoms with Crippen LogP contribution in [0.4, 0.5) is 22.0 Å². The Morgan fingerprint density at radius 1 is 1.07 bits per heavy atom. The second kappa shape index (κ2) is 9.24. The Hall–Kier alpha value is -2.95. The molecule has 0 aliphatic heterocycles. The van der Waals surface area contributed by atoms with E-state index in [1.54, 1.807) is 18.2 Å². The molecule has 5 nitrogen and oxygen atoms in total. The van der Waals surface area contributed by atoms with Crippen LogP contribution in [0.1, 0.15) is 21.7 Å². The Kier molecular flexibility index (Phi) is 6.70. The van der Waals surface area contributed by atoms with Gasteiger partial charge in [0.05, 0.1) is 5.69 Å². The van der Waals surface area contributed by atoms with Crippen LogP contribution in [0.3, 0.4) is 0 Å². The van der Waals surface area contributed by atoms with Gasteiger partial charge in [-0.3, -0.25) is 4.79 Å². The van der Waals surface area contributed by atoms with Crippen LogP contribution in [-0.2, 0) is 11.9 Å². The van der Waals surface area contributed by atoms with E-state index in [-0.39, 0.29) is 18.0 Å². The molecule has 1 heterocycles. The maximum atomic E-state index is 13.5. The molecule has 3 rings (SSSR count). The van der Waals surface area contributed by atoms with Crippen molar-refractivity contribution in [3.05, 3.63) is 77.1 Å². The van der Waals surface area contributed by atoms with Crippen molar-refractivity contribution < 1.29 is 26.7 Å². The summed E-state index contributed by atoms with van der Waals surface area (Å²) in [5.41, 5.74) is -1.83. The summed E-state index contributed by atoms with van der Waals surface area (Å²) in [5, 5.41) is 9.14. The van der Waals surface area contributed by atoms with E-state index in [1.165, 1.54) is 17.8 Å². The number of rotatable bonds is 7. The molecule has 1 aromatic heterocycles. The van der Waals surface area contributed by atoms with Crippen LogP contribution in [0, 0.1) is 11.6 Å². The smallest absolute Gasteiger partial charge is 0.350 e. The molecule has 0 fully saturated rings. The zero-order chi connectivity index (χ0) is 21.7. The van der Waals surface area contributed by atoms with Gasteiger partial charge in [0.15, 0.2) is 11.4 Å². The number of carbonyl (C=O) groups excluding carboxylic acids is 1. The standard InChI is InChI=1S/C19H15F5N4OS/c20-13-5-7-14(8-6-13)28-17(19(22,23)24)16(26-27-28)18(29)25-9-10-30-11-12-3-1-2-4-15(12)21/h1-8H,9-11H2,(H,25,29). The van der Waals surface area contributed by atoms with Gasteiger partial charge >= 0.3 is 6.18 Å². The van der Waals surface area contributed by atoms with Gasteiger partial charge in [-0.25, -0.2) is 13.5 Å². The van der Waals surface area contributed by atoms with Crippen molar-refractivity contribution >= 4 is 17.7 Å². The first-order chi connectivity index (χ1) is 14.3. The molecule has 0 spiro atoms. The first-order valence-corrected chi connectivity index (χ1v) is 9.81. The van der Waals surface area contributed by atoms with Crippen LogP contribution in [0.15, 0.2) is 48.5 Å². The summed E-state index contributed by atoms with van der Waals surface area (Å²) in [6.07, 6.45) is -4.91. The second-order valence-electron chi connectivity index (χ2n) is 6.07. The molecule has 2 aromatic carbocycles. The lowest BCUT2D eigenvalue weighted by Gasteiger charge is -2.11. The molecule has 0 aliphatic rings. The SMILES string of the molecule is O=C(NCCSCc1ccccc1F)c1nnn(-c2ccc(F)cc2)c1C(F)(F)F. The van der Waals surface area contributed by atoms with E-state index < -0.39 is 29.3 Å². The van der Waals surface area contributed by atoms with Crippen molar-refractivity contribution in [1.82, 2.24) is 20.3 Å². The summed E-state index contributed by atoms with van der Waals surface area (Å²) in [5.74, 6) is -1.30. The molecule has 30 heavy (non-hydrogen) atoms. The van der Waals surface area contributed by atoms with E-state index in [2.05, 4.69) is 15.6 Å². The molecule has 0 saturated carbocycles. The van der Waals surface area contributed by atoms with Crippen LogP contribution >= 0.6 is 11.8 Å². The number of benzene rings is 2. The lowest BCUT2D eigenvalue weighted by Crippen LogP contribution is -2.29. The topological polar surface area (TPSA) is 59.8 Å². The van der Waals surface area contributed by atoms with E-state index >= 15 is 0 Å². The Bertz CT molecular complexity index is 1020. The van der Waals surface area contributed by atoms with Crippen molar-refractivity contribution in [3.8, 4) is 5.69 Å². The quantitative estimate of drug-likeness (QED) is 0.440. The fraction of sp³-hybridized carbons (Fsp3) is 0.211. The molecule has 1 N–H and O–H groups in total. The predicted octanol–water partition coefficient (Wildman–Crippen LogP) is 4.23. The van der Waals surface area contributed by atoms with Crippen molar-refractivity contribution in [3.63, 3.8) is 0 Å². The fourth-order valence-electron chi connectivity index (χ4n) is 2.57. The van der Waals surface area contributed by atoms with Gasteiger partial charge in [0, 0.05) is 18.1 Å². The Morgan fingerprint density at radius 2 is 1.77 bits per heavy atom. The maximum absolute atomic E-state index is 13.5. The lowest BCUT2D eigenvalue weighted by atomic mass is 10.2. The van der Waals surface area contributed by atoms with E-state index in [4.69, 9.17) is 0 Å². The highest BCUT2D eigenvalue weighted by molar-refractivity contribution is 7.98. The summed E-state index contributed by atoms with van der Waals surface area (Å²) < 4.78 is 67.7. The van der Waals surface area contributed by atoms with Gasteiger partial charge in [-0.2, -0.15) is 24.9 Å². The molecular formula is C19H15F5N4OS. The Labute approximate surface area is 172 Å². The summed E-state index contributed by atoms with van der Waals surface area (Å²) >= 11 is 1.32. The number of hydrogen-bond donors (Lipinski definition) is 1. The molecule has 158 valence electrons. The number of alkyl halides is 3. The summed E-state index contributed by atoms with van der Waals surface area (Å²) in [6.45, 7) is 0.0542. The number of amides is 1. The van der Waals surface area contributed by atoms with Gasteiger partial charge in [0.1, 0.15) is 11.6 Å². The zero-order valence-corrected chi connectivity index (χ0v) is 16.1. The molecule has 1 amide bonds. The van der Waals surface area contributed by atoms with Gasteiger partial charge in [0.2, 0.25) is 0 Å². The minimum atomic E-state index is -4.91. The van der Waals surface area contributed by atoms with Crippen molar-refractivity contribution in [2.24, 2.45) is 0 Å². The number of aromatic nitrogens is 3. The number of nitrogens with one attached hydrogen (secondary N) is 1. The predicted molar refractivity (Wildman–Crippen MR) is 101 cm³/mol. The third kappa shape index (κ3) is 5.15. The molecule has 0 bridgehead atoms. The van der Waals surface area contributed by atoms with E-state index in [9.17, 15) is 26.7 Å². The average molecular weight is 442 g/mol. The molecular weight excluding hydrogens is 427 g/mol. The summed E-state index contributed by atoms with van der Waals surface area (Å²) in [4.78, 5) is 12.2. The second-order valence-corrected chi connectivity index (χ2v) is 7.18. The fourth-order valence-corrected chi connectivity index (χ4v) is 3.41. The van der Waals surface area contributed by atoms with Crippen molar-refractivity contribution in [1.29, 1.82) is 0 Å². The largest absolute Gasteiger partial charge is 0.435 e. The number of halogens is 5. The minimum absolute atomic E-state index is 0.0542.